The fraction of sp³-hybridized carbons (Fsp3) is 0.222. The quantitative estimate of drug-likeness (QED) is 0.340. The normalized spacial score (nSPS) is 12.9. The van der Waals surface area contributed by atoms with Gasteiger partial charge in [0, 0.05) is 37.1 Å². The van der Waals surface area contributed by atoms with E-state index < -0.39 is 0 Å². The lowest BCUT2D eigenvalue weighted by Gasteiger charge is -2.29. The Morgan fingerprint density at radius 1 is 1.09 bits per heavy atom. The van der Waals surface area contributed by atoms with Crippen molar-refractivity contribution in [3.8, 4) is 11.3 Å². The Balaban J connectivity index is 1.68. The van der Waals surface area contributed by atoms with Crippen LogP contribution in [-0.4, -0.2) is 28.8 Å². The number of anilines is 3. The maximum absolute atomic E-state index is 11.8. The number of rotatable bonds is 7. The summed E-state index contributed by atoms with van der Waals surface area (Å²) in [6, 6.07) is 13.3. The Hall–Kier alpha value is -4.49. The van der Waals surface area contributed by atoms with E-state index in [0.717, 1.165) is 30.0 Å². The van der Waals surface area contributed by atoms with Gasteiger partial charge in [-0.05, 0) is 54.7 Å². The molecule has 2 heterocycles. The average molecular weight is 449 g/mol. The number of carbonyl (C=O) groups excluding carboxylic acids is 1. The molecule has 0 bridgehead atoms. The molecule has 0 aliphatic carbocycles. The fourth-order valence-corrected chi connectivity index (χ4v) is 4.03. The van der Waals surface area contributed by atoms with E-state index in [1.54, 1.807) is 18.2 Å². The zero-order valence-corrected chi connectivity index (χ0v) is 18.8. The van der Waals surface area contributed by atoms with Gasteiger partial charge in [0.2, 0.25) is 11.6 Å². The number of hydrogen-bond donors (Lipinski definition) is 1. The van der Waals surface area contributed by atoms with Crippen molar-refractivity contribution in [3.63, 3.8) is 0 Å². The van der Waals surface area contributed by atoms with Crippen LogP contribution in [0.3, 0.4) is 0 Å². The molecule has 34 heavy (non-hydrogen) atoms. The molecule has 3 aromatic rings. The van der Waals surface area contributed by atoms with Gasteiger partial charge in [0.05, 0.1) is 18.8 Å². The highest BCUT2D eigenvalue weighted by molar-refractivity contribution is 5.92. The standard InChI is InChI=1S/C27H24N6O/c1-4-22(34)15-19-11-12-24(28-2)23(16-19)26-25(29-3)18-30-27(32-26)31-20-9-8-10-21(17-20)33-13-6-5-7-14-33/h4,8-12,16-18H,1,5-7,13-15H2,(H,30,31,32). The molecule has 0 atom stereocenters. The monoisotopic (exact) mass is 448 g/mol. The van der Waals surface area contributed by atoms with E-state index in [4.69, 9.17) is 13.1 Å². The van der Waals surface area contributed by atoms with Crippen molar-refractivity contribution in [1.29, 1.82) is 0 Å². The summed E-state index contributed by atoms with van der Waals surface area (Å²) in [6.07, 6.45) is 6.57. The maximum atomic E-state index is 11.8. The van der Waals surface area contributed by atoms with Gasteiger partial charge >= 0.3 is 0 Å². The molecule has 7 nitrogen and oxygen atoms in total. The third-order valence-electron chi connectivity index (χ3n) is 5.76. The molecule has 0 radical (unpaired) electrons. The van der Waals surface area contributed by atoms with Crippen LogP contribution in [0.25, 0.3) is 20.9 Å². The van der Waals surface area contributed by atoms with Crippen molar-refractivity contribution in [2.45, 2.75) is 25.7 Å². The van der Waals surface area contributed by atoms with Crippen LogP contribution in [0.4, 0.5) is 28.7 Å². The molecule has 1 fully saturated rings. The van der Waals surface area contributed by atoms with Gasteiger partial charge in [0.25, 0.3) is 0 Å². The number of ketones is 1. The highest BCUT2D eigenvalue weighted by Gasteiger charge is 2.16. The van der Waals surface area contributed by atoms with Crippen molar-refractivity contribution in [1.82, 2.24) is 9.97 Å². The fourth-order valence-electron chi connectivity index (χ4n) is 4.03. The summed E-state index contributed by atoms with van der Waals surface area (Å²) >= 11 is 0. The predicted octanol–water partition coefficient (Wildman–Crippen LogP) is 6.28. The molecule has 2 aromatic carbocycles. The van der Waals surface area contributed by atoms with Crippen molar-refractivity contribution in [3.05, 3.63) is 89.7 Å². The highest BCUT2D eigenvalue weighted by Crippen LogP contribution is 2.37. The van der Waals surface area contributed by atoms with Gasteiger partial charge in [-0.2, -0.15) is 0 Å². The van der Waals surface area contributed by atoms with E-state index in [0.29, 0.717) is 22.9 Å². The Morgan fingerprint density at radius 2 is 1.88 bits per heavy atom. The second-order valence-electron chi connectivity index (χ2n) is 8.07. The number of allylic oxidation sites excluding steroid dienone is 1. The van der Waals surface area contributed by atoms with Crippen LogP contribution in [0.15, 0.2) is 61.3 Å². The van der Waals surface area contributed by atoms with Crippen LogP contribution in [0.1, 0.15) is 24.8 Å². The van der Waals surface area contributed by atoms with Crippen LogP contribution in [0.2, 0.25) is 0 Å². The smallest absolute Gasteiger partial charge is 0.229 e. The van der Waals surface area contributed by atoms with E-state index >= 15 is 0 Å². The summed E-state index contributed by atoms with van der Waals surface area (Å²) in [6.45, 7) is 20.7. The first-order chi connectivity index (χ1) is 16.6. The minimum absolute atomic E-state index is 0.120. The lowest BCUT2D eigenvalue weighted by atomic mass is 10.0. The Morgan fingerprint density at radius 3 is 2.62 bits per heavy atom. The summed E-state index contributed by atoms with van der Waals surface area (Å²) in [5.74, 6) is 0.215. The summed E-state index contributed by atoms with van der Waals surface area (Å²) in [5, 5.41) is 3.24. The summed E-state index contributed by atoms with van der Waals surface area (Å²) in [4.78, 5) is 30.3. The molecule has 0 amide bonds. The lowest BCUT2D eigenvalue weighted by molar-refractivity contribution is -0.114. The third-order valence-corrected chi connectivity index (χ3v) is 5.76. The Kier molecular flexibility index (Phi) is 6.95. The number of hydrogen-bond acceptors (Lipinski definition) is 5. The van der Waals surface area contributed by atoms with E-state index in [-0.39, 0.29) is 17.9 Å². The van der Waals surface area contributed by atoms with Gasteiger partial charge < -0.3 is 10.2 Å². The molecule has 1 N–H and O–H groups in total. The molecule has 1 aliphatic rings. The lowest BCUT2D eigenvalue weighted by Crippen LogP contribution is -2.29. The zero-order chi connectivity index (χ0) is 23.9. The van der Waals surface area contributed by atoms with Crippen LogP contribution in [-0.2, 0) is 11.2 Å². The number of piperidine rings is 1. The highest BCUT2D eigenvalue weighted by atomic mass is 16.1. The van der Waals surface area contributed by atoms with E-state index in [9.17, 15) is 4.79 Å². The molecule has 0 unspecified atom stereocenters. The van der Waals surface area contributed by atoms with Crippen LogP contribution < -0.4 is 10.2 Å². The number of aromatic nitrogens is 2. The van der Waals surface area contributed by atoms with Crippen LogP contribution in [0.5, 0.6) is 0 Å². The van der Waals surface area contributed by atoms with Crippen molar-refractivity contribution < 1.29 is 4.79 Å². The molecule has 1 aliphatic heterocycles. The van der Waals surface area contributed by atoms with Gasteiger partial charge in [0.1, 0.15) is 0 Å². The van der Waals surface area contributed by atoms with Gasteiger partial charge in [0.15, 0.2) is 11.5 Å². The minimum atomic E-state index is -0.120. The number of nitrogens with one attached hydrogen (secondary N) is 1. The van der Waals surface area contributed by atoms with Crippen molar-refractivity contribution >= 4 is 34.5 Å². The number of carbonyl (C=O) groups is 1. The predicted molar refractivity (Wildman–Crippen MR) is 135 cm³/mol. The first-order valence-corrected chi connectivity index (χ1v) is 11.1. The first kappa shape index (κ1) is 22.7. The molecular weight excluding hydrogens is 424 g/mol. The maximum Gasteiger partial charge on any atom is 0.229 e. The third kappa shape index (κ3) is 5.11. The van der Waals surface area contributed by atoms with Gasteiger partial charge in [-0.1, -0.05) is 30.8 Å². The molecule has 168 valence electrons. The number of benzene rings is 2. The van der Waals surface area contributed by atoms with Crippen molar-refractivity contribution in [2.24, 2.45) is 0 Å². The molecule has 4 rings (SSSR count). The Labute approximate surface area is 199 Å². The minimum Gasteiger partial charge on any atom is -0.371 e. The van der Waals surface area contributed by atoms with Crippen LogP contribution >= 0.6 is 0 Å². The molecule has 7 heteroatoms. The van der Waals surface area contributed by atoms with Gasteiger partial charge in [-0.3, -0.25) is 4.79 Å². The van der Waals surface area contributed by atoms with Crippen molar-refractivity contribution in [2.75, 3.05) is 23.3 Å². The van der Waals surface area contributed by atoms with E-state index in [2.05, 4.69) is 48.6 Å². The van der Waals surface area contributed by atoms with Gasteiger partial charge in [-0.25, -0.2) is 19.7 Å². The molecule has 1 aromatic heterocycles. The molecular formula is C27H24N6O. The number of nitrogens with zero attached hydrogens (tertiary/aromatic N) is 5. The SMILES string of the molecule is [C-]#[N+]c1ccc(CC(=O)C=C)cc1-c1nc(Nc2cccc(N3CCCCC3)c2)ncc1[N+]#[C-]. The van der Waals surface area contributed by atoms with E-state index in [1.165, 1.54) is 31.5 Å². The summed E-state index contributed by atoms with van der Waals surface area (Å²) in [7, 11) is 0. The zero-order valence-electron chi connectivity index (χ0n) is 18.8. The topological polar surface area (TPSA) is 66.8 Å². The van der Waals surface area contributed by atoms with Crippen LogP contribution in [0, 0.1) is 13.1 Å². The molecule has 1 saturated heterocycles. The second-order valence-corrected chi connectivity index (χ2v) is 8.07. The molecule has 0 spiro atoms. The summed E-state index contributed by atoms with van der Waals surface area (Å²) in [5.41, 5.74) is 4.19. The van der Waals surface area contributed by atoms with Gasteiger partial charge in [-0.15, -0.1) is 0 Å². The second kappa shape index (κ2) is 10.4. The van der Waals surface area contributed by atoms with E-state index in [1.807, 2.05) is 12.1 Å². The molecule has 0 saturated carbocycles. The average Bonchev–Trinajstić information content (AvgIpc) is 2.89. The Bertz CT molecular complexity index is 1310. The first-order valence-electron chi connectivity index (χ1n) is 11.1. The summed E-state index contributed by atoms with van der Waals surface area (Å²) < 4.78 is 0. The largest absolute Gasteiger partial charge is 0.371 e.